The van der Waals surface area contributed by atoms with Gasteiger partial charge in [0.05, 0.1) is 5.69 Å². The van der Waals surface area contributed by atoms with Crippen molar-refractivity contribution in [2.24, 2.45) is 7.05 Å². The molecule has 0 spiro atoms. The maximum absolute atomic E-state index is 9.37. The number of hydrogen-bond donors (Lipinski definition) is 2. The molecule has 0 bridgehead atoms. The van der Waals surface area contributed by atoms with Crippen LogP contribution in [0.3, 0.4) is 0 Å². The molecule has 1 heterocycles. The van der Waals surface area contributed by atoms with E-state index >= 15 is 0 Å². The van der Waals surface area contributed by atoms with E-state index in [4.69, 9.17) is 0 Å². The first-order valence-corrected chi connectivity index (χ1v) is 6.01. The van der Waals surface area contributed by atoms with E-state index in [-0.39, 0.29) is 0 Å². The van der Waals surface area contributed by atoms with E-state index in [9.17, 15) is 5.11 Å². The molecule has 0 saturated carbocycles. The van der Waals surface area contributed by atoms with Crippen LogP contribution in [-0.2, 0) is 13.6 Å². The molecule has 0 aliphatic carbocycles. The summed E-state index contributed by atoms with van der Waals surface area (Å²) in [7, 11) is 1.96. The molecule has 0 fully saturated rings. The molecular weight excluding hydrogens is 226 g/mol. The Morgan fingerprint density at radius 1 is 1.28 bits per heavy atom. The van der Waals surface area contributed by atoms with Crippen LogP contribution in [0.4, 0.5) is 5.69 Å². The number of phenolic OH excluding ortho intramolecular Hbond substituents is 1. The van der Waals surface area contributed by atoms with Crippen molar-refractivity contribution in [1.82, 2.24) is 9.78 Å². The van der Waals surface area contributed by atoms with Gasteiger partial charge < -0.3 is 10.4 Å². The minimum Gasteiger partial charge on any atom is -0.508 e. The van der Waals surface area contributed by atoms with Gasteiger partial charge in [-0.05, 0) is 44.5 Å². The summed E-state index contributed by atoms with van der Waals surface area (Å²) in [6.07, 6.45) is 0. The van der Waals surface area contributed by atoms with Gasteiger partial charge in [-0.3, -0.25) is 4.68 Å². The van der Waals surface area contributed by atoms with E-state index < -0.39 is 0 Å². The molecule has 18 heavy (non-hydrogen) atoms. The Bertz CT molecular complexity index is 573. The van der Waals surface area contributed by atoms with Gasteiger partial charge in [-0.15, -0.1) is 0 Å². The molecule has 2 rings (SSSR count). The lowest BCUT2D eigenvalue weighted by molar-refractivity contribution is 0.475. The number of nitrogens with zero attached hydrogens (tertiary/aromatic N) is 2. The summed E-state index contributed by atoms with van der Waals surface area (Å²) in [4.78, 5) is 0. The number of rotatable bonds is 3. The van der Waals surface area contributed by atoms with Gasteiger partial charge in [-0.2, -0.15) is 5.10 Å². The van der Waals surface area contributed by atoms with Crippen LogP contribution < -0.4 is 5.32 Å². The Labute approximate surface area is 107 Å². The normalized spacial score (nSPS) is 10.7. The number of aryl methyl sites for hydroxylation is 3. The lowest BCUT2D eigenvalue weighted by Crippen LogP contribution is -2.03. The van der Waals surface area contributed by atoms with Crippen molar-refractivity contribution in [3.05, 3.63) is 40.7 Å². The highest BCUT2D eigenvalue weighted by Crippen LogP contribution is 2.21. The number of aromatic hydroxyl groups is 1. The maximum atomic E-state index is 9.37. The van der Waals surface area contributed by atoms with Crippen molar-refractivity contribution in [1.29, 1.82) is 0 Å². The molecule has 0 unspecified atom stereocenters. The summed E-state index contributed by atoms with van der Waals surface area (Å²) in [5.41, 5.74) is 5.53. The first kappa shape index (κ1) is 12.5. The Morgan fingerprint density at radius 2 is 2.00 bits per heavy atom. The van der Waals surface area contributed by atoms with Crippen LogP contribution in [-0.4, -0.2) is 14.9 Å². The molecular formula is C14H19N3O. The lowest BCUT2D eigenvalue weighted by atomic mass is 10.1. The molecule has 1 aromatic heterocycles. The Kier molecular flexibility index (Phi) is 3.28. The Balaban J connectivity index is 2.16. The second-order valence-electron chi connectivity index (χ2n) is 4.63. The quantitative estimate of drug-likeness (QED) is 0.817. The van der Waals surface area contributed by atoms with Crippen LogP contribution in [0.25, 0.3) is 0 Å². The summed E-state index contributed by atoms with van der Waals surface area (Å²) in [6.45, 7) is 6.82. The third-order valence-corrected chi connectivity index (χ3v) is 3.32. The smallest absolute Gasteiger partial charge is 0.115 e. The molecule has 0 aliphatic heterocycles. The predicted octanol–water partition coefficient (Wildman–Crippen LogP) is 2.66. The van der Waals surface area contributed by atoms with Crippen molar-refractivity contribution in [3.8, 4) is 5.75 Å². The van der Waals surface area contributed by atoms with E-state index in [1.165, 1.54) is 11.3 Å². The Hall–Kier alpha value is -1.97. The van der Waals surface area contributed by atoms with Gasteiger partial charge in [0.1, 0.15) is 5.75 Å². The van der Waals surface area contributed by atoms with Crippen LogP contribution in [0.5, 0.6) is 5.75 Å². The topological polar surface area (TPSA) is 50.1 Å². The highest BCUT2D eigenvalue weighted by atomic mass is 16.3. The molecule has 0 atom stereocenters. The maximum Gasteiger partial charge on any atom is 0.115 e. The first-order chi connectivity index (χ1) is 8.49. The molecule has 0 radical (unpaired) electrons. The number of aromatic nitrogens is 2. The van der Waals surface area contributed by atoms with Gasteiger partial charge in [0.15, 0.2) is 0 Å². The van der Waals surface area contributed by atoms with E-state index in [2.05, 4.69) is 17.3 Å². The van der Waals surface area contributed by atoms with Crippen molar-refractivity contribution >= 4 is 5.69 Å². The minimum absolute atomic E-state index is 0.298. The van der Waals surface area contributed by atoms with Crippen molar-refractivity contribution in [2.75, 3.05) is 5.32 Å². The molecule has 2 N–H and O–H groups in total. The number of phenols is 1. The summed E-state index contributed by atoms with van der Waals surface area (Å²) in [5, 5.41) is 17.2. The molecule has 0 amide bonds. The molecule has 1 aromatic carbocycles. The van der Waals surface area contributed by atoms with Gasteiger partial charge in [0, 0.05) is 30.5 Å². The van der Waals surface area contributed by atoms with Crippen LogP contribution in [0.1, 0.15) is 22.5 Å². The monoisotopic (exact) mass is 245 g/mol. The second-order valence-corrected chi connectivity index (χ2v) is 4.63. The highest BCUT2D eigenvalue weighted by molar-refractivity contribution is 5.53. The third-order valence-electron chi connectivity index (χ3n) is 3.32. The van der Waals surface area contributed by atoms with E-state index in [1.54, 1.807) is 12.1 Å². The summed E-state index contributed by atoms with van der Waals surface area (Å²) in [6, 6.07) is 5.34. The van der Waals surface area contributed by atoms with Crippen LogP contribution in [0, 0.1) is 20.8 Å². The third kappa shape index (κ3) is 2.32. The average molecular weight is 245 g/mol. The lowest BCUT2D eigenvalue weighted by Gasteiger charge is -2.10. The standard InChI is InChI=1S/C14H19N3O/c1-9-7-12(18)5-6-14(9)15-8-13-10(2)16-17(4)11(13)3/h5-7,15,18H,8H2,1-4H3. The van der Waals surface area contributed by atoms with Crippen LogP contribution in [0.2, 0.25) is 0 Å². The van der Waals surface area contributed by atoms with Gasteiger partial charge in [0.25, 0.3) is 0 Å². The number of anilines is 1. The van der Waals surface area contributed by atoms with E-state index in [0.29, 0.717) is 5.75 Å². The fourth-order valence-electron chi connectivity index (χ4n) is 2.10. The number of benzene rings is 1. The SMILES string of the molecule is Cc1cc(O)ccc1NCc1c(C)nn(C)c1C. The highest BCUT2D eigenvalue weighted by Gasteiger charge is 2.09. The predicted molar refractivity (Wildman–Crippen MR) is 72.9 cm³/mol. The van der Waals surface area contributed by atoms with Gasteiger partial charge >= 0.3 is 0 Å². The van der Waals surface area contributed by atoms with Crippen molar-refractivity contribution in [3.63, 3.8) is 0 Å². The fourth-order valence-corrected chi connectivity index (χ4v) is 2.10. The van der Waals surface area contributed by atoms with Crippen LogP contribution in [0.15, 0.2) is 18.2 Å². The molecule has 4 nitrogen and oxygen atoms in total. The Morgan fingerprint density at radius 3 is 2.56 bits per heavy atom. The summed E-state index contributed by atoms with van der Waals surface area (Å²) in [5.74, 6) is 0.298. The molecule has 4 heteroatoms. The largest absolute Gasteiger partial charge is 0.508 e. The molecule has 2 aromatic rings. The average Bonchev–Trinajstić information content (AvgIpc) is 2.53. The minimum atomic E-state index is 0.298. The van der Waals surface area contributed by atoms with Crippen molar-refractivity contribution < 1.29 is 5.11 Å². The second kappa shape index (κ2) is 4.72. The molecule has 0 aliphatic rings. The zero-order valence-corrected chi connectivity index (χ0v) is 11.3. The van der Waals surface area contributed by atoms with Gasteiger partial charge in [0.2, 0.25) is 0 Å². The summed E-state index contributed by atoms with van der Waals surface area (Å²) < 4.78 is 1.90. The van der Waals surface area contributed by atoms with E-state index in [0.717, 1.165) is 23.5 Å². The van der Waals surface area contributed by atoms with Crippen molar-refractivity contribution in [2.45, 2.75) is 27.3 Å². The molecule has 96 valence electrons. The number of hydrogen-bond acceptors (Lipinski definition) is 3. The van der Waals surface area contributed by atoms with E-state index in [1.807, 2.05) is 31.6 Å². The summed E-state index contributed by atoms with van der Waals surface area (Å²) >= 11 is 0. The van der Waals surface area contributed by atoms with Gasteiger partial charge in [-0.25, -0.2) is 0 Å². The zero-order valence-electron chi connectivity index (χ0n) is 11.3. The van der Waals surface area contributed by atoms with Gasteiger partial charge in [-0.1, -0.05) is 0 Å². The molecule has 0 saturated heterocycles. The zero-order chi connectivity index (χ0) is 13.3. The van der Waals surface area contributed by atoms with Crippen LogP contribution >= 0.6 is 0 Å². The number of nitrogens with one attached hydrogen (secondary N) is 1. The first-order valence-electron chi connectivity index (χ1n) is 6.01. The fraction of sp³-hybridized carbons (Fsp3) is 0.357.